The Bertz CT molecular complexity index is 355. The van der Waals surface area contributed by atoms with Crippen molar-refractivity contribution in [2.24, 2.45) is 0 Å². The molecule has 0 amide bonds. The van der Waals surface area contributed by atoms with Gasteiger partial charge in [-0.15, -0.1) is 0 Å². The molecule has 0 aromatic carbocycles. The van der Waals surface area contributed by atoms with E-state index in [0.717, 1.165) is 6.20 Å². The molecule has 0 aliphatic carbocycles. The zero-order valence-corrected chi connectivity index (χ0v) is 9.71. The van der Waals surface area contributed by atoms with Gasteiger partial charge in [0.15, 0.2) is 11.6 Å². The van der Waals surface area contributed by atoms with Crippen LogP contribution in [0.15, 0.2) is 6.20 Å². The van der Waals surface area contributed by atoms with Crippen molar-refractivity contribution in [1.29, 1.82) is 0 Å². The van der Waals surface area contributed by atoms with Crippen LogP contribution in [-0.4, -0.2) is 34.3 Å². The number of halogens is 1. The standard InChI is InChI=1S/C10H17FN4O/c1-4-10(2,6-16)15-8-7(11)5-13-9(12-3)14-8/h5,16H,4,6H2,1-3H3,(H2,12,13,14,15). The molecule has 0 saturated heterocycles. The number of aromatic nitrogens is 2. The first-order valence-corrected chi connectivity index (χ1v) is 5.14. The molecule has 0 saturated carbocycles. The van der Waals surface area contributed by atoms with Gasteiger partial charge in [0.1, 0.15) is 0 Å². The van der Waals surface area contributed by atoms with Crippen LogP contribution in [0.25, 0.3) is 0 Å². The van der Waals surface area contributed by atoms with E-state index in [1.165, 1.54) is 0 Å². The van der Waals surface area contributed by atoms with Gasteiger partial charge in [-0.1, -0.05) is 6.92 Å². The zero-order valence-electron chi connectivity index (χ0n) is 9.71. The minimum absolute atomic E-state index is 0.0951. The lowest BCUT2D eigenvalue weighted by Crippen LogP contribution is -2.38. The summed E-state index contributed by atoms with van der Waals surface area (Å²) in [4.78, 5) is 7.69. The van der Waals surface area contributed by atoms with E-state index in [1.54, 1.807) is 14.0 Å². The van der Waals surface area contributed by atoms with E-state index < -0.39 is 11.4 Å². The maximum atomic E-state index is 13.4. The van der Waals surface area contributed by atoms with Gasteiger partial charge < -0.3 is 15.7 Å². The summed E-state index contributed by atoms with van der Waals surface area (Å²) < 4.78 is 13.4. The third-order valence-electron chi connectivity index (χ3n) is 2.52. The predicted octanol–water partition coefficient (Wildman–Crippen LogP) is 1.23. The Morgan fingerprint density at radius 1 is 1.56 bits per heavy atom. The number of nitrogens with zero attached hydrogens (tertiary/aromatic N) is 2. The number of rotatable bonds is 5. The van der Waals surface area contributed by atoms with E-state index >= 15 is 0 Å². The molecule has 1 aromatic heterocycles. The van der Waals surface area contributed by atoms with Crippen LogP contribution in [0.1, 0.15) is 20.3 Å². The highest BCUT2D eigenvalue weighted by Gasteiger charge is 2.22. The molecular weight excluding hydrogens is 211 g/mol. The minimum atomic E-state index is -0.583. The van der Waals surface area contributed by atoms with Crippen molar-refractivity contribution < 1.29 is 9.50 Å². The highest BCUT2D eigenvalue weighted by atomic mass is 19.1. The third kappa shape index (κ3) is 2.79. The van der Waals surface area contributed by atoms with Gasteiger partial charge in [0, 0.05) is 7.05 Å². The Balaban J connectivity index is 2.95. The van der Waals surface area contributed by atoms with E-state index in [0.29, 0.717) is 12.4 Å². The summed E-state index contributed by atoms with van der Waals surface area (Å²) in [5.74, 6) is -0.106. The first-order valence-electron chi connectivity index (χ1n) is 5.14. The van der Waals surface area contributed by atoms with Crippen LogP contribution in [0.5, 0.6) is 0 Å². The summed E-state index contributed by atoms with van der Waals surface area (Å²) in [5.41, 5.74) is -0.583. The van der Waals surface area contributed by atoms with Crippen LogP contribution in [0.3, 0.4) is 0 Å². The molecule has 5 nitrogen and oxygen atoms in total. The quantitative estimate of drug-likeness (QED) is 0.707. The van der Waals surface area contributed by atoms with Gasteiger partial charge in [-0.2, -0.15) is 4.98 Å². The SMILES string of the molecule is CCC(C)(CO)Nc1nc(NC)ncc1F. The second-order valence-electron chi connectivity index (χ2n) is 3.84. The molecule has 1 atom stereocenters. The van der Waals surface area contributed by atoms with Crippen LogP contribution in [-0.2, 0) is 0 Å². The van der Waals surface area contributed by atoms with Crippen molar-refractivity contribution >= 4 is 11.8 Å². The summed E-state index contributed by atoms with van der Waals surface area (Å²) in [6, 6.07) is 0. The molecule has 0 aliphatic heterocycles. The summed E-state index contributed by atoms with van der Waals surface area (Å²) >= 11 is 0. The van der Waals surface area contributed by atoms with E-state index in [-0.39, 0.29) is 12.4 Å². The molecule has 1 unspecified atom stereocenters. The second-order valence-corrected chi connectivity index (χ2v) is 3.84. The van der Waals surface area contributed by atoms with Gasteiger partial charge >= 0.3 is 0 Å². The molecule has 0 bridgehead atoms. The molecule has 1 rings (SSSR count). The van der Waals surface area contributed by atoms with Gasteiger partial charge in [0.25, 0.3) is 0 Å². The van der Waals surface area contributed by atoms with Crippen molar-refractivity contribution in [2.75, 3.05) is 24.3 Å². The van der Waals surface area contributed by atoms with Crippen molar-refractivity contribution in [3.63, 3.8) is 0 Å². The average molecular weight is 228 g/mol. The highest BCUT2D eigenvalue weighted by Crippen LogP contribution is 2.19. The van der Waals surface area contributed by atoms with E-state index in [1.807, 2.05) is 6.92 Å². The molecule has 0 spiro atoms. The van der Waals surface area contributed by atoms with Gasteiger partial charge in [0.05, 0.1) is 18.3 Å². The molecule has 90 valence electrons. The van der Waals surface area contributed by atoms with Crippen molar-refractivity contribution in [2.45, 2.75) is 25.8 Å². The number of anilines is 2. The topological polar surface area (TPSA) is 70.1 Å². The predicted molar refractivity (Wildman–Crippen MR) is 60.9 cm³/mol. The van der Waals surface area contributed by atoms with Crippen LogP contribution >= 0.6 is 0 Å². The molecule has 0 aliphatic rings. The van der Waals surface area contributed by atoms with Crippen molar-refractivity contribution in [1.82, 2.24) is 9.97 Å². The van der Waals surface area contributed by atoms with E-state index in [2.05, 4.69) is 20.6 Å². The maximum Gasteiger partial charge on any atom is 0.224 e. The molecule has 6 heteroatoms. The molecular formula is C10H17FN4O. The van der Waals surface area contributed by atoms with Gasteiger partial charge in [-0.3, -0.25) is 0 Å². The number of aliphatic hydroxyl groups is 1. The summed E-state index contributed by atoms with van der Waals surface area (Å²) in [6.45, 7) is 3.61. The number of aliphatic hydroxyl groups excluding tert-OH is 1. The highest BCUT2D eigenvalue weighted by molar-refractivity contribution is 5.42. The lowest BCUT2D eigenvalue weighted by molar-refractivity contribution is 0.218. The Hall–Kier alpha value is -1.43. The maximum absolute atomic E-state index is 13.4. The minimum Gasteiger partial charge on any atom is -0.394 e. The molecule has 0 fully saturated rings. The number of nitrogens with one attached hydrogen (secondary N) is 2. The molecule has 1 heterocycles. The van der Waals surface area contributed by atoms with Crippen molar-refractivity contribution in [3.05, 3.63) is 12.0 Å². The normalized spacial score (nSPS) is 14.3. The lowest BCUT2D eigenvalue weighted by atomic mass is 10.0. The zero-order chi connectivity index (χ0) is 12.2. The summed E-state index contributed by atoms with van der Waals surface area (Å²) in [5, 5.41) is 14.8. The van der Waals surface area contributed by atoms with Gasteiger partial charge in [-0.25, -0.2) is 9.37 Å². The van der Waals surface area contributed by atoms with Crippen LogP contribution in [0.2, 0.25) is 0 Å². The third-order valence-corrected chi connectivity index (χ3v) is 2.52. The largest absolute Gasteiger partial charge is 0.394 e. The van der Waals surface area contributed by atoms with Gasteiger partial charge in [0.2, 0.25) is 5.95 Å². The van der Waals surface area contributed by atoms with Crippen molar-refractivity contribution in [3.8, 4) is 0 Å². The average Bonchev–Trinajstić information content (AvgIpc) is 2.32. The lowest BCUT2D eigenvalue weighted by Gasteiger charge is -2.27. The summed E-state index contributed by atoms with van der Waals surface area (Å²) in [6.07, 6.45) is 1.75. The van der Waals surface area contributed by atoms with Crippen LogP contribution < -0.4 is 10.6 Å². The fourth-order valence-corrected chi connectivity index (χ4v) is 1.10. The molecule has 16 heavy (non-hydrogen) atoms. The fraction of sp³-hybridized carbons (Fsp3) is 0.600. The summed E-state index contributed by atoms with van der Waals surface area (Å²) in [7, 11) is 1.65. The first-order chi connectivity index (χ1) is 7.54. The smallest absolute Gasteiger partial charge is 0.224 e. The second kappa shape index (κ2) is 5.07. The Labute approximate surface area is 94.1 Å². The van der Waals surface area contributed by atoms with E-state index in [9.17, 15) is 9.50 Å². The Morgan fingerprint density at radius 3 is 2.75 bits per heavy atom. The molecule has 3 N–H and O–H groups in total. The molecule has 0 radical (unpaired) electrons. The number of hydrogen-bond donors (Lipinski definition) is 3. The first kappa shape index (κ1) is 12.6. The monoisotopic (exact) mass is 228 g/mol. The van der Waals surface area contributed by atoms with E-state index in [4.69, 9.17) is 0 Å². The number of hydrogen-bond acceptors (Lipinski definition) is 5. The Morgan fingerprint density at radius 2 is 2.25 bits per heavy atom. The van der Waals surface area contributed by atoms with Crippen LogP contribution in [0, 0.1) is 5.82 Å². The van der Waals surface area contributed by atoms with Gasteiger partial charge in [-0.05, 0) is 13.3 Å². The molecule has 1 aromatic rings. The van der Waals surface area contributed by atoms with Crippen LogP contribution in [0.4, 0.5) is 16.2 Å². The fourth-order valence-electron chi connectivity index (χ4n) is 1.10. The Kier molecular flexibility index (Phi) is 4.00.